The van der Waals surface area contributed by atoms with Crippen LogP contribution in [0.1, 0.15) is 26.3 Å². The number of carbonyl (C=O) groups is 2. The van der Waals surface area contributed by atoms with Crippen molar-refractivity contribution in [1.82, 2.24) is 0 Å². The molecule has 0 fully saturated rings. The third-order valence-corrected chi connectivity index (χ3v) is 2.72. The average Bonchev–Trinajstić information content (AvgIpc) is 2.14. The fraction of sp³-hybridized carbons (Fsp3) is 0.111. The second-order valence-electron chi connectivity index (χ2n) is 2.99. The van der Waals surface area contributed by atoms with Crippen LogP contribution < -0.4 is 0 Å². The summed E-state index contributed by atoms with van der Waals surface area (Å²) >= 11 is 2.65. The third kappa shape index (κ3) is 2.76. The first-order chi connectivity index (χ1) is 7.64. The lowest BCUT2D eigenvalue weighted by atomic mass is 10.1. The summed E-state index contributed by atoms with van der Waals surface area (Å²) in [4.78, 5) is 21.4. The van der Waals surface area contributed by atoms with Crippen molar-refractivity contribution in [3.8, 4) is 0 Å². The van der Waals surface area contributed by atoms with Crippen molar-refractivity contribution in [3.63, 3.8) is 0 Å². The maximum Gasteiger partial charge on any atom is 0.416 e. The van der Waals surface area contributed by atoms with Crippen LogP contribution in [0.5, 0.6) is 0 Å². The molecule has 0 amide bonds. The molecule has 92 valence electrons. The van der Waals surface area contributed by atoms with E-state index in [0.717, 1.165) is 0 Å². The van der Waals surface area contributed by atoms with E-state index in [1.54, 1.807) is 0 Å². The van der Waals surface area contributed by atoms with E-state index in [-0.39, 0.29) is 0 Å². The molecule has 4 nitrogen and oxygen atoms in total. The van der Waals surface area contributed by atoms with Crippen molar-refractivity contribution in [2.45, 2.75) is 6.18 Å². The average molecular weight is 313 g/mol. The van der Waals surface area contributed by atoms with Crippen LogP contribution in [0.15, 0.2) is 16.6 Å². The van der Waals surface area contributed by atoms with E-state index < -0.39 is 39.3 Å². The van der Waals surface area contributed by atoms with Crippen LogP contribution >= 0.6 is 15.9 Å². The van der Waals surface area contributed by atoms with E-state index >= 15 is 0 Å². The maximum absolute atomic E-state index is 12.4. The second kappa shape index (κ2) is 4.36. The predicted octanol–water partition coefficient (Wildman–Crippen LogP) is 2.86. The highest BCUT2D eigenvalue weighted by atomic mass is 79.9. The van der Waals surface area contributed by atoms with Crippen molar-refractivity contribution < 1.29 is 33.0 Å². The number of carboxylic acids is 2. The highest BCUT2D eigenvalue weighted by molar-refractivity contribution is 9.10. The minimum atomic E-state index is -4.81. The van der Waals surface area contributed by atoms with Gasteiger partial charge in [-0.15, -0.1) is 0 Å². The monoisotopic (exact) mass is 312 g/mol. The zero-order valence-corrected chi connectivity index (χ0v) is 9.46. The van der Waals surface area contributed by atoms with Gasteiger partial charge in [-0.1, -0.05) is 0 Å². The summed E-state index contributed by atoms with van der Waals surface area (Å²) in [7, 11) is 0. The molecule has 0 unspecified atom stereocenters. The fourth-order valence-electron chi connectivity index (χ4n) is 1.10. The lowest BCUT2D eigenvalue weighted by Crippen LogP contribution is -2.12. The lowest BCUT2D eigenvalue weighted by molar-refractivity contribution is -0.137. The number of hydrogen-bond acceptors (Lipinski definition) is 2. The predicted molar refractivity (Wildman–Crippen MR) is 53.1 cm³/mol. The first-order valence-corrected chi connectivity index (χ1v) is 4.81. The standard InChI is InChI=1S/C9H4BrF3O4/c10-6-4(7(14)15)1-3(9(11,12)13)2-5(6)8(16)17/h1-2H,(H,14,15)(H,16,17). The Kier molecular flexibility index (Phi) is 3.46. The molecular weight excluding hydrogens is 309 g/mol. The van der Waals surface area contributed by atoms with Gasteiger partial charge in [-0.3, -0.25) is 0 Å². The van der Waals surface area contributed by atoms with Crippen LogP contribution in [0.4, 0.5) is 13.2 Å². The van der Waals surface area contributed by atoms with E-state index in [9.17, 15) is 22.8 Å². The molecule has 2 N–H and O–H groups in total. The van der Waals surface area contributed by atoms with Gasteiger partial charge in [-0.25, -0.2) is 9.59 Å². The molecule has 0 aliphatic heterocycles. The van der Waals surface area contributed by atoms with E-state index in [0.29, 0.717) is 12.1 Å². The topological polar surface area (TPSA) is 74.6 Å². The Balaban J connectivity index is 3.59. The lowest BCUT2D eigenvalue weighted by Gasteiger charge is -2.10. The molecule has 0 aromatic heterocycles. The molecule has 1 aromatic carbocycles. The van der Waals surface area contributed by atoms with Crippen molar-refractivity contribution in [3.05, 3.63) is 33.3 Å². The summed E-state index contributed by atoms with van der Waals surface area (Å²) in [5, 5.41) is 17.3. The van der Waals surface area contributed by atoms with E-state index in [1.807, 2.05) is 0 Å². The first kappa shape index (κ1) is 13.5. The molecule has 0 radical (unpaired) electrons. The fourth-order valence-corrected chi connectivity index (χ4v) is 1.67. The molecule has 0 aliphatic rings. The van der Waals surface area contributed by atoms with Gasteiger partial charge < -0.3 is 10.2 Å². The van der Waals surface area contributed by atoms with Gasteiger partial charge in [-0.05, 0) is 28.1 Å². The summed E-state index contributed by atoms with van der Waals surface area (Å²) in [6, 6.07) is 0.748. The number of aromatic carboxylic acids is 2. The quantitative estimate of drug-likeness (QED) is 0.880. The van der Waals surface area contributed by atoms with Crippen LogP contribution in [-0.4, -0.2) is 22.2 Å². The highest BCUT2D eigenvalue weighted by Crippen LogP contribution is 2.34. The van der Waals surface area contributed by atoms with Crippen LogP contribution in [0.2, 0.25) is 0 Å². The number of halogens is 4. The summed E-state index contributed by atoms with van der Waals surface area (Å²) in [6.45, 7) is 0. The molecule has 0 saturated carbocycles. The van der Waals surface area contributed by atoms with E-state index in [2.05, 4.69) is 15.9 Å². The second-order valence-corrected chi connectivity index (χ2v) is 3.79. The van der Waals surface area contributed by atoms with Gasteiger partial charge in [0.2, 0.25) is 0 Å². The summed E-state index contributed by atoms with van der Waals surface area (Å²) in [5.74, 6) is -3.30. The number of alkyl halides is 3. The smallest absolute Gasteiger partial charge is 0.416 e. The molecule has 17 heavy (non-hydrogen) atoms. The molecule has 0 aliphatic carbocycles. The minimum absolute atomic E-state index is 0.374. The summed E-state index contributed by atoms with van der Waals surface area (Å²) in [5.41, 5.74) is -2.83. The molecule has 0 saturated heterocycles. The van der Waals surface area contributed by atoms with Gasteiger partial charge in [0.25, 0.3) is 0 Å². The normalized spacial score (nSPS) is 11.3. The van der Waals surface area contributed by atoms with Crippen LogP contribution in [0.25, 0.3) is 0 Å². The van der Waals surface area contributed by atoms with Crippen molar-refractivity contribution in [2.24, 2.45) is 0 Å². The molecule has 8 heteroatoms. The van der Waals surface area contributed by atoms with Crippen molar-refractivity contribution in [1.29, 1.82) is 0 Å². The number of hydrogen-bond donors (Lipinski definition) is 2. The SMILES string of the molecule is O=C(O)c1cc(C(F)(F)F)cc(C(=O)O)c1Br. The Bertz CT molecular complexity index is 460. The van der Waals surface area contributed by atoms with E-state index in [1.165, 1.54) is 0 Å². The van der Waals surface area contributed by atoms with Gasteiger partial charge in [0.05, 0.1) is 16.7 Å². The summed E-state index contributed by atoms with van der Waals surface area (Å²) < 4.78 is 36.8. The zero-order chi connectivity index (χ0) is 13.4. The van der Waals surface area contributed by atoms with Crippen LogP contribution in [-0.2, 0) is 6.18 Å². The van der Waals surface area contributed by atoms with Gasteiger partial charge >= 0.3 is 18.1 Å². The van der Waals surface area contributed by atoms with Gasteiger partial charge in [0, 0.05) is 4.47 Å². The Morgan fingerprint density at radius 1 is 1.06 bits per heavy atom. The first-order valence-electron chi connectivity index (χ1n) is 4.02. The summed E-state index contributed by atoms with van der Waals surface area (Å²) in [6.07, 6.45) is -4.81. The van der Waals surface area contributed by atoms with Crippen molar-refractivity contribution in [2.75, 3.05) is 0 Å². The Labute approximate surface area is 101 Å². The van der Waals surface area contributed by atoms with Crippen molar-refractivity contribution >= 4 is 27.9 Å². The van der Waals surface area contributed by atoms with Gasteiger partial charge in [0.15, 0.2) is 0 Å². The molecule has 0 spiro atoms. The number of benzene rings is 1. The molecular formula is C9H4BrF3O4. The number of rotatable bonds is 2. The molecule has 0 heterocycles. The third-order valence-electron chi connectivity index (χ3n) is 1.86. The minimum Gasteiger partial charge on any atom is -0.478 e. The zero-order valence-electron chi connectivity index (χ0n) is 7.88. The van der Waals surface area contributed by atoms with Crippen LogP contribution in [0.3, 0.4) is 0 Å². The van der Waals surface area contributed by atoms with E-state index in [4.69, 9.17) is 10.2 Å². The Hall–Kier alpha value is -1.57. The van der Waals surface area contributed by atoms with Gasteiger partial charge in [-0.2, -0.15) is 13.2 Å². The Morgan fingerprint density at radius 2 is 1.41 bits per heavy atom. The molecule has 0 atom stereocenters. The Morgan fingerprint density at radius 3 is 1.65 bits per heavy atom. The molecule has 1 aromatic rings. The largest absolute Gasteiger partial charge is 0.478 e. The maximum atomic E-state index is 12.4. The van der Waals surface area contributed by atoms with Crippen LogP contribution in [0, 0.1) is 0 Å². The highest BCUT2D eigenvalue weighted by Gasteiger charge is 2.33. The molecule has 0 bridgehead atoms. The van der Waals surface area contributed by atoms with Gasteiger partial charge in [0.1, 0.15) is 0 Å². The molecule has 1 rings (SSSR count). The number of carboxylic acid groups (broad SMARTS) is 2.